The van der Waals surface area contributed by atoms with Crippen LogP contribution in [0.4, 0.5) is 13.2 Å². The zero-order valence-electron chi connectivity index (χ0n) is 13.4. The first-order valence-electron chi connectivity index (χ1n) is 7.68. The summed E-state index contributed by atoms with van der Waals surface area (Å²) in [7, 11) is -3.37. The lowest BCUT2D eigenvalue weighted by Gasteiger charge is -2.26. The van der Waals surface area contributed by atoms with Crippen LogP contribution in [-0.4, -0.2) is 37.9 Å². The second-order valence-electron chi connectivity index (χ2n) is 5.54. The molecule has 0 spiro atoms. The molecule has 1 heterocycles. The third kappa shape index (κ3) is 5.80. The largest absolute Gasteiger partial charge is 0.573 e. The number of hydrogen-bond donors (Lipinski definition) is 0. The monoisotopic (exact) mass is 373 g/mol. The molecule has 1 aromatic carbocycles. The molecule has 136 valence electrons. The average Bonchev–Trinajstić information content (AvgIpc) is 2.54. The van der Waals surface area contributed by atoms with E-state index in [-0.39, 0.29) is 24.6 Å². The van der Waals surface area contributed by atoms with Gasteiger partial charge in [-0.2, -0.15) is 4.31 Å². The Morgan fingerprint density at radius 2 is 2.08 bits per heavy atom. The number of unbranched alkanes of at least 4 members (excludes halogenated alkanes) is 1. The van der Waals surface area contributed by atoms with Crippen molar-refractivity contribution in [3.8, 4) is 18.1 Å². The zero-order chi connectivity index (χ0) is 18.5. The molecule has 25 heavy (non-hydrogen) atoms. The maximum Gasteiger partial charge on any atom is 0.573 e. The summed E-state index contributed by atoms with van der Waals surface area (Å²) in [5.41, 5.74) is 1.38. The molecule has 0 N–H and O–H groups in total. The molecule has 0 radical (unpaired) electrons. The van der Waals surface area contributed by atoms with Gasteiger partial charge < -0.3 is 4.74 Å². The topological polar surface area (TPSA) is 46.6 Å². The van der Waals surface area contributed by atoms with Crippen LogP contribution in [0.25, 0.3) is 5.57 Å². The summed E-state index contributed by atoms with van der Waals surface area (Å²) < 4.78 is 66.6. The van der Waals surface area contributed by atoms with Crippen molar-refractivity contribution in [2.24, 2.45) is 0 Å². The van der Waals surface area contributed by atoms with Gasteiger partial charge in [0.1, 0.15) is 5.75 Å². The highest BCUT2D eigenvalue weighted by Gasteiger charge is 2.31. The fraction of sp³-hybridized carbons (Fsp3) is 0.412. The van der Waals surface area contributed by atoms with Crippen LogP contribution >= 0.6 is 0 Å². The Morgan fingerprint density at radius 3 is 2.68 bits per heavy atom. The summed E-state index contributed by atoms with van der Waals surface area (Å²) in [4.78, 5) is 0. The van der Waals surface area contributed by atoms with Crippen molar-refractivity contribution in [1.29, 1.82) is 0 Å². The van der Waals surface area contributed by atoms with Crippen molar-refractivity contribution in [3.63, 3.8) is 0 Å². The van der Waals surface area contributed by atoms with Gasteiger partial charge in [0.05, 0.1) is 5.75 Å². The predicted molar refractivity (Wildman–Crippen MR) is 89.1 cm³/mol. The van der Waals surface area contributed by atoms with Gasteiger partial charge in [-0.15, -0.1) is 25.5 Å². The van der Waals surface area contributed by atoms with Gasteiger partial charge >= 0.3 is 6.36 Å². The van der Waals surface area contributed by atoms with Gasteiger partial charge in [-0.05, 0) is 36.1 Å². The fourth-order valence-electron chi connectivity index (χ4n) is 2.54. The number of terminal acetylenes is 1. The molecule has 1 aliphatic heterocycles. The van der Waals surface area contributed by atoms with E-state index in [4.69, 9.17) is 6.42 Å². The SMILES string of the molecule is C#CCCCS(=O)(=O)N1CC=C(c2cccc(OC(F)(F)F)c2)CC1. The molecular weight excluding hydrogens is 355 g/mol. The molecule has 4 nitrogen and oxygen atoms in total. The van der Waals surface area contributed by atoms with Crippen LogP contribution in [0.5, 0.6) is 5.75 Å². The number of hydrogen-bond acceptors (Lipinski definition) is 3. The molecule has 0 unspecified atom stereocenters. The molecule has 1 aromatic rings. The van der Waals surface area contributed by atoms with Crippen molar-refractivity contribution in [2.75, 3.05) is 18.8 Å². The van der Waals surface area contributed by atoms with Gasteiger partial charge in [0, 0.05) is 19.5 Å². The number of alkyl halides is 3. The number of nitrogens with zero attached hydrogens (tertiary/aromatic N) is 1. The third-order valence-corrected chi connectivity index (χ3v) is 5.65. The van der Waals surface area contributed by atoms with E-state index in [1.54, 1.807) is 12.1 Å². The molecule has 0 bridgehead atoms. The lowest BCUT2D eigenvalue weighted by Crippen LogP contribution is -2.36. The van der Waals surface area contributed by atoms with Crippen LogP contribution in [0.15, 0.2) is 30.3 Å². The molecule has 0 aliphatic carbocycles. The van der Waals surface area contributed by atoms with E-state index in [1.165, 1.54) is 22.5 Å². The van der Waals surface area contributed by atoms with Crippen LogP contribution in [0.3, 0.4) is 0 Å². The van der Waals surface area contributed by atoms with Gasteiger partial charge in [-0.3, -0.25) is 0 Å². The van der Waals surface area contributed by atoms with Gasteiger partial charge in [-0.1, -0.05) is 18.2 Å². The van der Waals surface area contributed by atoms with Crippen LogP contribution in [-0.2, 0) is 10.0 Å². The maximum absolute atomic E-state index is 12.3. The Balaban J connectivity index is 2.06. The molecule has 0 atom stereocenters. The maximum atomic E-state index is 12.3. The van der Waals surface area contributed by atoms with E-state index in [1.807, 2.05) is 0 Å². The Morgan fingerprint density at radius 1 is 1.32 bits per heavy atom. The van der Waals surface area contributed by atoms with Crippen LogP contribution in [0.1, 0.15) is 24.8 Å². The van der Waals surface area contributed by atoms with Crippen molar-refractivity contribution in [2.45, 2.75) is 25.6 Å². The Hall–Kier alpha value is -1.98. The minimum absolute atomic E-state index is 0.00468. The minimum Gasteiger partial charge on any atom is -0.406 e. The second-order valence-corrected chi connectivity index (χ2v) is 7.63. The average molecular weight is 373 g/mol. The van der Waals surface area contributed by atoms with Gasteiger partial charge in [0.2, 0.25) is 10.0 Å². The molecule has 0 saturated carbocycles. The predicted octanol–water partition coefficient (Wildman–Crippen LogP) is 3.42. The van der Waals surface area contributed by atoms with Crippen molar-refractivity contribution in [3.05, 3.63) is 35.9 Å². The third-order valence-electron chi connectivity index (χ3n) is 3.73. The van der Waals surface area contributed by atoms with Crippen molar-refractivity contribution >= 4 is 15.6 Å². The normalized spacial score (nSPS) is 16.2. The lowest BCUT2D eigenvalue weighted by molar-refractivity contribution is -0.274. The summed E-state index contributed by atoms with van der Waals surface area (Å²) >= 11 is 0. The highest BCUT2D eigenvalue weighted by Crippen LogP contribution is 2.29. The summed E-state index contributed by atoms with van der Waals surface area (Å²) in [6.07, 6.45) is 3.32. The van der Waals surface area contributed by atoms with Crippen LogP contribution < -0.4 is 4.74 Å². The number of rotatable bonds is 6. The van der Waals surface area contributed by atoms with E-state index in [2.05, 4.69) is 10.7 Å². The highest BCUT2D eigenvalue weighted by atomic mass is 32.2. The van der Waals surface area contributed by atoms with Gasteiger partial charge in [0.25, 0.3) is 0 Å². The Kier molecular flexibility index (Phi) is 6.14. The minimum atomic E-state index is -4.75. The van der Waals surface area contributed by atoms with E-state index in [9.17, 15) is 21.6 Å². The lowest BCUT2D eigenvalue weighted by atomic mass is 10.0. The number of ether oxygens (including phenoxy) is 1. The molecule has 1 aliphatic rings. The number of benzene rings is 1. The van der Waals surface area contributed by atoms with E-state index in [0.29, 0.717) is 24.8 Å². The highest BCUT2D eigenvalue weighted by molar-refractivity contribution is 7.89. The first-order chi connectivity index (χ1) is 11.7. The molecule has 0 amide bonds. The van der Waals surface area contributed by atoms with Crippen molar-refractivity contribution in [1.82, 2.24) is 4.31 Å². The standard InChI is InChI=1S/C17H18F3NO3S/c1-2-3-4-12-25(22,23)21-10-8-14(9-11-21)15-6-5-7-16(13-15)24-17(18,19)20/h1,5-8,13H,3-4,9-12H2. The zero-order valence-corrected chi connectivity index (χ0v) is 14.2. The van der Waals surface area contributed by atoms with E-state index in [0.717, 1.165) is 5.57 Å². The summed E-state index contributed by atoms with van der Waals surface area (Å²) in [6.45, 7) is 0.479. The number of sulfonamides is 1. The van der Waals surface area contributed by atoms with Crippen LogP contribution in [0, 0.1) is 12.3 Å². The fourth-order valence-corrected chi connectivity index (χ4v) is 3.98. The molecule has 0 aromatic heterocycles. The Labute approximate surface area is 145 Å². The smallest absolute Gasteiger partial charge is 0.406 e. The summed E-state index contributed by atoms with van der Waals surface area (Å²) in [5, 5.41) is 0. The summed E-state index contributed by atoms with van der Waals surface area (Å²) in [5.74, 6) is 2.11. The van der Waals surface area contributed by atoms with Gasteiger partial charge in [0.15, 0.2) is 0 Å². The van der Waals surface area contributed by atoms with E-state index >= 15 is 0 Å². The quantitative estimate of drug-likeness (QED) is 0.567. The molecule has 0 saturated heterocycles. The molecular formula is C17H18F3NO3S. The Bertz CT molecular complexity index is 779. The number of halogens is 3. The van der Waals surface area contributed by atoms with E-state index < -0.39 is 16.4 Å². The van der Waals surface area contributed by atoms with Crippen LogP contribution in [0.2, 0.25) is 0 Å². The second kappa shape index (κ2) is 7.93. The molecule has 0 fully saturated rings. The van der Waals surface area contributed by atoms with Gasteiger partial charge in [-0.25, -0.2) is 8.42 Å². The summed E-state index contributed by atoms with van der Waals surface area (Å²) in [6, 6.07) is 5.67. The molecule has 8 heteroatoms. The van der Waals surface area contributed by atoms with Crippen molar-refractivity contribution < 1.29 is 26.3 Å². The first-order valence-corrected chi connectivity index (χ1v) is 9.29. The first kappa shape index (κ1) is 19.3. The molecule has 2 rings (SSSR count).